The van der Waals surface area contributed by atoms with E-state index in [9.17, 15) is 0 Å². The predicted molar refractivity (Wildman–Crippen MR) is 56.6 cm³/mol. The lowest BCUT2D eigenvalue weighted by Gasteiger charge is -2.24. The first-order chi connectivity index (χ1) is 5.77. The molecule has 1 aliphatic heterocycles. The quantitative estimate of drug-likeness (QED) is 0.574. The average molecular weight is 276 g/mol. The number of nitrogens with zero attached hydrogens (tertiary/aromatic N) is 3. The first kappa shape index (κ1) is 8.03. The van der Waals surface area contributed by atoms with Crippen LogP contribution in [0.2, 0.25) is 0 Å². The van der Waals surface area contributed by atoms with Gasteiger partial charge in [0.2, 0.25) is 0 Å². The fourth-order valence-electron chi connectivity index (χ4n) is 1.18. The Hall–Kier alpha value is -0.590. The number of aryl methyl sites for hydroxylation is 1. The highest BCUT2D eigenvalue weighted by molar-refractivity contribution is 14.1. The van der Waals surface area contributed by atoms with Crippen LogP contribution < -0.4 is 8.43 Å². The van der Waals surface area contributed by atoms with E-state index in [1.807, 2.05) is 13.0 Å². The fourth-order valence-corrected chi connectivity index (χ4v) is 1.79. The summed E-state index contributed by atoms with van der Waals surface area (Å²) in [7, 11) is 0. The van der Waals surface area contributed by atoms with Crippen molar-refractivity contribution in [3.05, 3.63) is 11.8 Å². The number of anilines is 2. The largest absolute Gasteiger partial charge is 0.365 e. The maximum atomic E-state index is 4.06. The highest BCUT2D eigenvalue weighted by Gasteiger charge is 2.15. The van der Waals surface area contributed by atoms with Gasteiger partial charge in [-0.1, -0.05) is 0 Å². The van der Waals surface area contributed by atoms with Crippen molar-refractivity contribution in [2.75, 3.05) is 21.5 Å². The maximum Gasteiger partial charge on any atom is 0.173 e. The molecule has 0 unspecified atom stereocenters. The Kier molecular flexibility index (Phi) is 2.03. The molecule has 0 spiro atoms. The molecule has 0 aromatic carbocycles. The summed E-state index contributed by atoms with van der Waals surface area (Å²) in [6.07, 6.45) is 0. The van der Waals surface area contributed by atoms with Gasteiger partial charge in [0.25, 0.3) is 0 Å². The van der Waals surface area contributed by atoms with E-state index >= 15 is 0 Å². The monoisotopic (exact) mass is 276 g/mol. The lowest BCUT2D eigenvalue weighted by Crippen LogP contribution is -2.27. The molecule has 0 aliphatic carbocycles. The van der Waals surface area contributed by atoms with Crippen LogP contribution in [0.4, 0.5) is 11.5 Å². The first-order valence-electron chi connectivity index (χ1n) is 3.79. The molecule has 1 aromatic heterocycles. The Morgan fingerprint density at radius 2 is 2.42 bits per heavy atom. The Morgan fingerprint density at radius 1 is 1.58 bits per heavy atom. The molecular formula is C7H9IN4. The molecule has 0 bridgehead atoms. The molecule has 1 N–H and O–H groups in total. The summed E-state index contributed by atoms with van der Waals surface area (Å²) >= 11 is 2.29. The Labute approximate surface area is 84.9 Å². The number of fused-ring (bicyclic) bond motifs is 1. The highest BCUT2D eigenvalue weighted by Crippen LogP contribution is 2.28. The molecule has 2 heterocycles. The topological polar surface area (TPSA) is 41.1 Å². The van der Waals surface area contributed by atoms with Crippen molar-refractivity contribution in [2.24, 2.45) is 0 Å². The summed E-state index contributed by atoms with van der Waals surface area (Å²) in [6.45, 7) is 3.90. The molecule has 4 nitrogen and oxygen atoms in total. The molecule has 1 aliphatic rings. The van der Waals surface area contributed by atoms with Crippen molar-refractivity contribution in [1.29, 1.82) is 0 Å². The van der Waals surface area contributed by atoms with Crippen LogP contribution in [0, 0.1) is 6.92 Å². The zero-order valence-corrected chi connectivity index (χ0v) is 8.87. The Balaban J connectivity index is 2.47. The van der Waals surface area contributed by atoms with Crippen molar-refractivity contribution < 1.29 is 0 Å². The van der Waals surface area contributed by atoms with Crippen molar-refractivity contribution >= 4 is 34.4 Å². The number of halogens is 1. The number of nitrogens with one attached hydrogen (secondary N) is 1. The van der Waals surface area contributed by atoms with E-state index in [1.54, 1.807) is 0 Å². The van der Waals surface area contributed by atoms with E-state index in [-0.39, 0.29) is 0 Å². The first-order valence-corrected chi connectivity index (χ1v) is 4.75. The van der Waals surface area contributed by atoms with E-state index in [0.717, 1.165) is 30.3 Å². The zero-order valence-electron chi connectivity index (χ0n) is 6.71. The van der Waals surface area contributed by atoms with Crippen molar-refractivity contribution in [2.45, 2.75) is 6.92 Å². The van der Waals surface area contributed by atoms with E-state index in [4.69, 9.17) is 0 Å². The van der Waals surface area contributed by atoms with Gasteiger partial charge in [0.15, 0.2) is 5.82 Å². The third-order valence-corrected chi connectivity index (χ3v) is 2.76. The minimum Gasteiger partial charge on any atom is -0.365 e. The number of hydrogen-bond acceptors (Lipinski definition) is 4. The van der Waals surface area contributed by atoms with Crippen LogP contribution >= 0.6 is 22.9 Å². The van der Waals surface area contributed by atoms with Gasteiger partial charge in [-0.3, -0.25) is 0 Å². The summed E-state index contributed by atoms with van der Waals surface area (Å²) in [5.41, 5.74) is 2.09. The second-order valence-electron chi connectivity index (χ2n) is 2.73. The van der Waals surface area contributed by atoms with Gasteiger partial charge < -0.3 is 8.43 Å². The van der Waals surface area contributed by atoms with E-state index in [2.05, 4.69) is 41.5 Å². The van der Waals surface area contributed by atoms with Crippen LogP contribution in [-0.2, 0) is 0 Å². The van der Waals surface area contributed by atoms with E-state index in [1.165, 1.54) is 0 Å². The van der Waals surface area contributed by atoms with Crippen molar-refractivity contribution in [1.82, 2.24) is 10.2 Å². The Bertz CT molecular complexity index is 301. The fraction of sp³-hybridized carbons (Fsp3) is 0.429. The standard InChI is InChI=1S/C7H9IN4/c1-5-4-6-7(11-10-5)9-2-3-12(6)8/h4H,2-3H2,1H3,(H,9,11). The molecule has 0 saturated carbocycles. The smallest absolute Gasteiger partial charge is 0.173 e. The van der Waals surface area contributed by atoms with Crippen LogP contribution in [0.3, 0.4) is 0 Å². The zero-order chi connectivity index (χ0) is 8.55. The average Bonchev–Trinajstić information content (AvgIpc) is 2.07. The molecule has 0 radical (unpaired) electrons. The predicted octanol–water partition coefficient (Wildman–Crippen LogP) is 1.37. The van der Waals surface area contributed by atoms with Gasteiger partial charge in [0, 0.05) is 13.1 Å². The van der Waals surface area contributed by atoms with Gasteiger partial charge in [-0.25, -0.2) is 0 Å². The van der Waals surface area contributed by atoms with Gasteiger partial charge in [-0.15, -0.1) is 5.10 Å². The molecule has 12 heavy (non-hydrogen) atoms. The van der Waals surface area contributed by atoms with E-state index < -0.39 is 0 Å². The Morgan fingerprint density at radius 3 is 3.25 bits per heavy atom. The lowest BCUT2D eigenvalue weighted by atomic mass is 10.3. The van der Waals surface area contributed by atoms with Crippen molar-refractivity contribution in [3.8, 4) is 0 Å². The summed E-state index contributed by atoms with van der Waals surface area (Å²) in [6, 6.07) is 2.04. The second-order valence-corrected chi connectivity index (χ2v) is 3.90. The summed E-state index contributed by atoms with van der Waals surface area (Å²) in [5, 5.41) is 11.2. The minimum atomic E-state index is 0.890. The highest BCUT2D eigenvalue weighted by atomic mass is 127. The van der Waals surface area contributed by atoms with Crippen LogP contribution in [0.15, 0.2) is 6.07 Å². The van der Waals surface area contributed by atoms with Crippen LogP contribution in [0.5, 0.6) is 0 Å². The summed E-state index contributed by atoms with van der Waals surface area (Å²) in [5.74, 6) is 0.890. The molecule has 1 aromatic rings. The van der Waals surface area contributed by atoms with E-state index in [0.29, 0.717) is 0 Å². The van der Waals surface area contributed by atoms with Gasteiger partial charge >= 0.3 is 0 Å². The number of aromatic nitrogens is 2. The lowest BCUT2D eigenvalue weighted by molar-refractivity contribution is 0.914. The third-order valence-electron chi connectivity index (χ3n) is 1.76. The molecule has 2 rings (SSSR count). The minimum absolute atomic E-state index is 0.890. The molecule has 0 amide bonds. The summed E-state index contributed by atoms with van der Waals surface area (Å²) < 4.78 is 2.16. The second kappa shape index (κ2) is 3.04. The summed E-state index contributed by atoms with van der Waals surface area (Å²) in [4.78, 5) is 0. The third kappa shape index (κ3) is 1.33. The molecule has 0 atom stereocenters. The number of hydrogen-bond donors (Lipinski definition) is 1. The SMILES string of the molecule is Cc1cc2c(nn1)NCCN2I. The van der Waals surface area contributed by atoms with Gasteiger partial charge in [0.1, 0.15) is 0 Å². The number of rotatable bonds is 0. The molecule has 0 saturated heterocycles. The molecular weight excluding hydrogens is 267 g/mol. The van der Waals surface area contributed by atoms with Gasteiger partial charge in [-0.2, -0.15) is 5.10 Å². The van der Waals surface area contributed by atoms with Crippen LogP contribution in [-0.4, -0.2) is 23.3 Å². The van der Waals surface area contributed by atoms with Crippen LogP contribution in [0.1, 0.15) is 5.69 Å². The van der Waals surface area contributed by atoms with Gasteiger partial charge in [0.05, 0.1) is 34.2 Å². The van der Waals surface area contributed by atoms with Crippen molar-refractivity contribution in [3.63, 3.8) is 0 Å². The molecule has 64 valence electrons. The maximum absolute atomic E-state index is 4.06. The van der Waals surface area contributed by atoms with Gasteiger partial charge in [-0.05, 0) is 13.0 Å². The van der Waals surface area contributed by atoms with Crippen LogP contribution in [0.25, 0.3) is 0 Å². The molecule has 5 heteroatoms. The molecule has 0 fully saturated rings. The normalized spacial score (nSPS) is 15.3.